The summed E-state index contributed by atoms with van der Waals surface area (Å²) in [6.45, 7) is 3.25. The molecule has 0 saturated heterocycles. The maximum atomic E-state index is 6.22. The topological polar surface area (TPSA) is 21.3 Å². The molecule has 106 valence electrons. The van der Waals surface area contributed by atoms with E-state index in [1.54, 1.807) is 0 Å². The molecule has 0 amide bonds. The summed E-state index contributed by atoms with van der Waals surface area (Å²) in [5.74, 6) is 1.78. The molecule has 1 N–H and O–H groups in total. The van der Waals surface area contributed by atoms with E-state index < -0.39 is 0 Å². The molecule has 3 unspecified atom stereocenters. The maximum absolute atomic E-state index is 6.22. The molecule has 2 saturated carbocycles. The number of nitrogens with one attached hydrogen (secondary N) is 1. The van der Waals surface area contributed by atoms with Crippen molar-refractivity contribution in [2.24, 2.45) is 11.8 Å². The first kappa shape index (κ1) is 14.3. The lowest BCUT2D eigenvalue weighted by Crippen LogP contribution is -2.38. The Morgan fingerprint density at radius 2 is 1.89 bits per heavy atom. The summed E-state index contributed by atoms with van der Waals surface area (Å²) < 4.78 is 6.22. The van der Waals surface area contributed by atoms with Crippen molar-refractivity contribution in [3.8, 4) is 0 Å². The van der Waals surface area contributed by atoms with E-state index in [0.717, 1.165) is 18.4 Å². The Balaban J connectivity index is 1.71. The van der Waals surface area contributed by atoms with Crippen molar-refractivity contribution in [1.29, 1.82) is 0 Å². The van der Waals surface area contributed by atoms with E-state index in [1.165, 1.54) is 57.8 Å². The minimum atomic E-state index is 0.543. The van der Waals surface area contributed by atoms with Crippen LogP contribution in [0.2, 0.25) is 0 Å². The first-order valence-electron chi connectivity index (χ1n) is 8.12. The van der Waals surface area contributed by atoms with Gasteiger partial charge in [-0.15, -0.1) is 0 Å². The Kier molecular flexibility index (Phi) is 5.97. The highest BCUT2D eigenvalue weighted by Gasteiger charge is 2.26. The molecule has 3 atom stereocenters. The molecule has 0 radical (unpaired) electrons. The van der Waals surface area contributed by atoms with Gasteiger partial charge >= 0.3 is 0 Å². The van der Waals surface area contributed by atoms with Crippen LogP contribution in [-0.4, -0.2) is 25.8 Å². The van der Waals surface area contributed by atoms with Gasteiger partial charge in [0.15, 0.2) is 0 Å². The number of likely N-dealkylation sites (N-methyl/N-ethyl adjacent to an activating group) is 1. The normalized spacial score (nSPS) is 31.7. The average molecular weight is 253 g/mol. The molecule has 2 aliphatic carbocycles. The Morgan fingerprint density at radius 1 is 1.11 bits per heavy atom. The highest BCUT2D eigenvalue weighted by Crippen LogP contribution is 2.30. The highest BCUT2D eigenvalue weighted by molar-refractivity contribution is 4.80. The van der Waals surface area contributed by atoms with Crippen LogP contribution in [0.25, 0.3) is 0 Å². The molecule has 2 heteroatoms. The van der Waals surface area contributed by atoms with Crippen molar-refractivity contribution in [2.45, 2.75) is 76.9 Å². The van der Waals surface area contributed by atoms with Crippen molar-refractivity contribution in [3.63, 3.8) is 0 Å². The molecule has 18 heavy (non-hydrogen) atoms. The molecule has 0 aromatic rings. The Labute approximate surface area is 113 Å². The molecule has 0 aliphatic heterocycles. The zero-order valence-corrected chi connectivity index (χ0v) is 12.3. The molecule has 2 nitrogen and oxygen atoms in total. The standard InChI is InChI=1S/C16H31NO/c1-3-13-7-6-10-15(11-13)18-12-16(17-2)14-8-4-5-9-14/h13-17H,3-12H2,1-2H3. The molecule has 2 aliphatic rings. The predicted octanol–water partition coefficient (Wildman–Crippen LogP) is 3.75. The second-order valence-corrected chi connectivity index (χ2v) is 6.34. The largest absolute Gasteiger partial charge is 0.377 e. The predicted molar refractivity (Wildman–Crippen MR) is 76.8 cm³/mol. The van der Waals surface area contributed by atoms with E-state index in [0.29, 0.717) is 12.1 Å². The minimum absolute atomic E-state index is 0.543. The first-order chi connectivity index (χ1) is 8.83. The van der Waals surface area contributed by atoms with E-state index in [4.69, 9.17) is 4.74 Å². The minimum Gasteiger partial charge on any atom is -0.377 e. The van der Waals surface area contributed by atoms with Gasteiger partial charge in [-0.3, -0.25) is 0 Å². The van der Waals surface area contributed by atoms with Crippen LogP contribution in [0.15, 0.2) is 0 Å². The van der Waals surface area contributed by atoms with Gasteiger partial charge in [0, 0.05) is 6.04 Å². The lowest BCUT2D eigenvalue weighted by Gasteiger charge is -2.31. The fourth-order valence-electron chi connectivity index (χ4n) is 3.82. The zero-order chi connectivity index (χ0) is 12.8. The maximum Gasteiger partial charge on any atom is 0.0625 e. The summed E-state index contributed by atoms with van der Waals surface area (Å²) in [4.78, 5) is 0. The molecule has 2 rings (SSSR count). The second kappa shape index (κ2) is 7.49. The van der Waals surface area contributed by atoms with E-state index in [-0.39, 0.29) is 0 Å². The van der Waals surface area contributed by atoms with Crippen molar-refractivity contribution < 1.29 is 4.74 Å². The summed E-state index contributed by atoms with van der Waals surface area (Å²) in [6.07, 6.45) is 12.9. The number of rotatable bonds is 6. The van der Waals surface area contributed by atoms with Gasteiger partial charge in [0.1, 0.15) is 0 Å². The summed E-state index contributed by atoms with van der Waals surface area (Å²) in [6, 6.07) is 0.592. The van der Waals surface area contributed by atoms with Crippen LogP contribution < -0.4 is 5.32 Å². The number of ether oxygens (including phenoxy) is 1. The fraction of sp³-hybridized carbons (Fsp3) is 1.00. The van der Waals surface area contributed by atoms with Crippen LogP contribution in [0.1, 0.15) is 64.7 Å². The Hall–Kier alpha value is -0.0800. The molecular weight excluding hydrogens is 222 g/mol. The lowest BCUT2D eigenvalue weighted by atomic mass is 9.85. The molecule has 0 aromatic heterocycles. The van der Waals surface area contributed by atoms with Gasteiger partial charge in [0.25, 0.3) is 0 Å². The molecule has 2 fully saturated rings. The van der Waals surface area contributed by atoms with Crippen LogP contribution in [0.5, 0.6) is 0 Å². The average Bonchev–Trinajstić information content (AvgIpc) is 2.94. The van der Waals surface area contributed by atoms with Crippen molar-refractivity contribution in [1.82, 2.24) is 5.32 Å². The van der Waals surface area contributed by atoms with Gasteiger partial charge in [-0.05, 0) is 44.6 Å². The van der Waals surface area contributed by atoms with Gasteiger partial charge in [-0.25, -0.2) is 0 Å². The number of hydrogen-bond donors (Lipinski definition) is 1. The summed E-state index contributed by atoms with van der Waals surface area (Å²) >= 11 is 0. The second-order valence-electron chi connectivity index (χ2n) is 6.34. The Bertz CT molecular complexity index is 225. The van der Waals surface area contributed by atoms with Crippen LogP contribution in [0.3, 0.4) is 0 Å². The third-order valence-electron chi connectivity index (χ3n) is 5.16. The van der Waals surface area contributed by atoms with Gasteiger partial charge in [-0.2, -0.15) is 0 Å². The molecule has 0 heterocycles. The molecule has 0 spiro atoms. The summed E-state index contributed by atoms with van der Waals surface area (Å²) in [5, 5.41) is 3.48. The van der Waals surface area contributed by atoms with Crippen LogP contribution >= 0.6 is 0 Å². The van der Waals surface area contributed by atoms with Gasteiger partial charge in [-0.1, -0.05) is 39.0 Å². The third-order valence-corrected chi connectivity index (χ3v) is 5.16. The smallest absolute Gasteiger partial charge is 0.0625 e. The highest BCUT2D eigenvalue weighted by atomic mass is 16.5. The monoisotopic (exact) mass is 253 g/mol. The molecular formula is C16H31NO. The van der Waals surface area contributed by atoms with Gasteiger partial charge in [0.2, 0.25) is 0 Å². The fourth-order valence-corrected chi connectivity index (χ4v) is 3.82. The van der Waals surface area contributed by atoms with E-state index in [9.17, 15) is 0 Å². The zero-order valence-electron chi connectivity index (χ0n) is 12.3. The summed E-state index contributed by atoms with van der Waals surface area (Å²) in [7, 11) is 2.10. The van der Waals surface area contributed by atoms with E-state index in [2.05, 4.69) is 19.3 Å². The van der Waals surface area contributed by atoms with Crippen LogP contribution in [-0.2, 0) is 4.74 Å². The summed E-state index contributed by atoms with van der Waals surface area (Å²) in [5.41, 5.74) is 0. The van der Waals surface area contributed by atoms with Gasteiger partial charge in [0.05, 0.1) is 12.7 Å². The van der Waals surface area contributed by atoms with E-state index in [1.807, 2.05) is 0 Å². The molecule has 0 aromatic carbocycles. The van der Waals surface area contributed by atoms with Gasteiger partial charge < -0.3 is 10.1 Å². The van der Waals surface area contributed by atoms with Crippen molar-refractivity contribution >= 4 is 0 Å². The Morgan fingerprint density at radius 3 is 2.56 bits per heavy atom. The van der Waals surface area contributed by atoms with Crippen molar-refractivity contribution in [3.05, 3.63) is 0 Å². The SMILES string of the molecule is CCC1CCCC(OCC(NC)C2CCCC2)C1. The quantitative estimate of drug-likeness (QED) is 0.778. The van der Waals surface area contributed by atoms with Crippen LogP contribution in [0.4, 0.5) is 0 Å². The first-order valence-corrected chi connectivity index (χ1v) is 8.12. The number of hydrogen-bond acceptors (Lipinski definition) is 2. The third kappa shape index (κ3) is 3.96. The lowest BCUT2D eigenvalue weighted by molar-refractivity contribution is -0.00477. The van der Waals surface area contributed by atoms with Crippen molar-refractivity contribution in [2.75, 3.05) is 13.7 Å². The molecule has 0 bridgehead atoms. The van der Waals surface area contributed by atoms with Crippen LogP contribution in [0, 0.1) is 11.8 Å². The van der Waals surface area contributed by atoms with E-state index >= 15 is 0 Å².